The minimum atomic E-state index is -0.407. The molecule has 150 valence electrons. The van der Waals surface area contributed by atoms with Crippen LogP contribution in [0.25, 0.3) is 0 Å². The van der Waals surface area contributed by atoms with Gasteiger partial charge in [0.1, 0.15) is 12.4 Å². The number of halogens is 1. The molecule has 2 aliphatic heterocycles. The van der Waals surface area contributed by atoms with E-state index in [0.29, 0.717) is 29.7 Å². The molecule has 1 aromatic carbocycles. The summed E-state index contributed by atoms with van der Waals surface area (Å²) in [5, 5.41) is 9.22. The molecule has 3 amide bonds. The van der Waals surface area contributed by atoms with Gasteiger partial charge in [0.15, 0.2) is 0 Å². The van der Waals surface area contributed by atoms with Crippen LogP contribution in [-0.4, -0.2) is 63.5 Å². The molecule has 29 heavy (non-hydrogen) atoms. The number of hydrogen-bond donors (Lipinski definition) is 1. The number of aromatic nitrogens is 2. The van der Waals surface area contributed by atoms with Gasteiger partial charge in [0.05, 0.1) is 24.8 Å². The van der Waals surface area contributed by atoms with Crippen molar-refractivity contribution in [3.05, 3.63) is 58.6 Å². The molecule has 1 saturated heterocycles. The van der Waals surface area contributed by atoms with Crippen LogP contribution in [0.2, 0.25) is 5.02 Å². The molecule has 1 atom stereocenters. The standard InChI is InChI=1S/C19H19ClN6O3/c1-12-21-8-13(9-22-12)10-23-18(27)26-11-16(25-6-7-29-19(25)28)17(24-26)14-2-4-15(20)5-3-14/h2-5,8-9,16H,6-7,10-11H2,1H3,(H,23,27). The van der Waals surface area contributed by atoms with Crippen molar-refractivity contribution < 1.29 is 14.3 Å². The Balaban J connectivity index is 1.52. The summed E-state index contributed by atoms with van der Waals surface area (Å²) in [5.74, 6) is 0.664. The number of nitrogens with zero attached hydrogens (tertiary/aromatic N) is 5. The van der Waals surface area contributed by atoms with Gasteiger partial charge in [-0.25, -0.2) is 24.6 Å². The first-order valence-corrected chi connectivity index (χ1v) is 9.50. The monoisotopic (exact) mass is 414 g/mol. The van der Waals surface area contributed by atoms with Crippen molar-refractivity contribution in [2.75, 3.05) is 19.7 Å². The maximum atomic E-state index is 12.7. The van der Waals surface area contributed by atoms with Crippen LogP contribution >= 0.6 is 11.6 Å². The molecule has 0 saturated carbocycles. The number of nitrogens with one attached hydrogen (secondary N) is 1. The number of cyclic esters (lactones) is 1. The summed E-state index contributed by atoms with van der Waals surface area (Å²) >= 11 is 5.98. The fourth-order valence-electron chi connectivity index (χ4n) is 3.20. The van der Waals surface area contributed by atoms with Crippen molar-refractivity contribution in [3.8, 4) is 0 Å². The Bertz CT molecular complexity index is 947. The van der Waals surface area contributed by atoms with Gasteiger partial charge in [0.25, 0.3) is 0 Å². The number of carbonyl (C=O) groups is 2. The molecular formula is C19H19ClN6O3. The van der Waals surface area contributed by atoms with E-state index in [2.05, 4.69) is 20.4 Å². The predicted octanol–water partition coefficient (Wildman–Crippen LogP) is 2.19. The fraction of sp³-hybridized carbons (Fsp3) is 0.316. The molecule has 1 fully saturated rings. The van der Waals surface area contributed by atoms with E-state index in [9.17, 15) is 9.59 Å². The molecule has 0 aliphatic carbocycles. The van der Waals surface area contributed by atoms with Crippen molar-refractivity contribution in [1.82, 2.24) is 25.2 Å². The number of hydrogen-bond acceptors (Lipinski definition) is 6. The second-order valence-electron chi connectivity index (χ2n) is 6.70. The number of amides is 3. The predicted molar refractivity (Wildman–Crippen MR) is 106 cm³/mol. The van der Waals surface area contributed by atoms with Gasteiger partial charge in [-0.05, 0) is 19.1 Å². The summed E-state index contributed by atoms with van der Waals surface area (Å²) < 4.78 is 5.07. The molecule has 4 rings (SSSR count). The Kier molecular flexibility index (Phi) is 5.30. The highest BCUT2D eigenvalue weighted by Gasteiger charge is 2.40. The maximum absolute atomic E-state index is 12.7. The molecule has 0 spiro atoms. The highest BCUT2D eigenvalue weighted by atomic mass is 35.5. The Labute approximate surface area is 172 Å². The smallest absolute Gasteiger partial charge is 0.410 e. The van der Waals surface area contributed by atoms with Crippen LogP contribution in [0.3, 0.4) is 0 Å². The SMILES string of the molecule is Cc1ncc(CNC(=O)N2CC(N3CCOC3=O)C(c3ccc(Cl)cc3)=N2)cn1. The third-order valence-electron chi connectivity index (χ3n) is 4.71. The summed E-state index contributed by atoms with van der Waals surface area (Å²) in [6.45, 7) is 3.08. The van der Waals surface area contributed by atoms with Crippen LogP contribution in [-0.2, 0) is 11.3 Å². The van der Waals surface area contributed by atoms with Gasteiger partial charge in [0, 0.05) is 35.1 Å². The largest absolute Gasteiger partial charge is 0.448 e. The number of benzene rings is 1. The van der Waals surface area contributed by atoms with Crippen LogP contribution in [0.15, 0.2) is 41.8 Å². The van der Waals surface area contributed by atoms with Gasteiger partial charge in [0.2, 0.25) is 0 Å². The van der Waals surface area contributed by atoms with Gasteiger partial charge in [-0.3, -0.25) is 4.90 Å². The number of urea groups is 1. The molecule has 1 unspecified atom stereocenters. The summed E-state index contributed by atoms with van der Waals surface area (Å²) in [5.41, 5.74) is 2.19. The van der Waals surface area contributed by atoms with Gasteiger partial charge in [-0.15, -0.1) is 0 Å². The van der Waals surface area contributed by atoms with E-state index in [1.165, 1.54) is 5.01 Å². The van der Waals surface area contributed by atoms with Gasteiger partial charge >= 0.3 is 12.1 Å². The summed E-state index contributed by atoms with van der Waals surface area (Å²) in [7, 11) is 0. The summed E-state index contributed by atoms with van der Waals surface area (Å²) in [6, 6.07) is 6.38. The molecule has 9 nitrogen and oxygen atoms in total. The first-order valence-electron chi connectivity index (χ1n) is 9.12. The van der Waals surface area contributed by atoms with Crippen molar-refractivity contribution in [2.45, 2.75) is 19.5 Å². The molecule has 2 aromatic rings. The van der Waals surface area contributed by atoms with Crippen LogP contribution in [0.4, 0.5) is 9.59 Å². The highest BCUT2D eigenvalue weighted by Crippen LogP contribution is 2.23. The number of aryl methyl sites for hydroxylation is 1. The molecule has 1 N–H and O–H groups in total. The molecule has 0 bridgehead atoms. The quantitative estimate of drug-likeness (QED) is 0.826. The maximum Gasteiger partial charge on any atom is 0.410 e. The van der Waals surface area contributed by atoms with Crippen LogP contribution in [0, 0.1) is 6.92 Å². The zero-order valence-corrected chi connectivity index (χ0v) is 16.5. The minimum Gasteiger partial charge on any atom is -0.448 e. The van der Waals surface area contributed by atoms with Crippen LogP contribution < -0.4 is 5.32 Å². The van der Waals surface area contributed by atoms with Gasteiger partial charge in [-0.1, -0.05) is 23.7 Å². The molecule has 3 heterocycles. The first-order chi connectivity index (χ1) is 14.0. The summed E-state index contributed by atoms with van der Waals surface area (Å²) in [4.78, 5) is 34.6. The first kappa shape index (κ1) is 19.1. The minimum absolute atomic E-state index is 0.239. The number of ether oxygens (including phenoxy) is 1. The second kappa shape index (κ2) is 8.04. The van der Waals surface area contributed by atoms with E-state index in [0.717, 1.165) is 11.1 Å². The van der Waals surface area contributed by atoms with E-state index < -0.39 is 6.09 Å². The van der Waals surface area contributed by atoms with E-state index in [4.69, 9.17) is 16.3 Å². The molecule has 1 aromatic heterocycles. The Morgan fingerprint density at radius 1 is 1.28 bits per heavy atom. The van der Waals surface area contributed by atoms with E-state index in [1.54, 1.807) is 36.4 Å². The topological polar surface area (TPSA) is 100 Å². The average molecular weight is 415 g/mol. The molecule has 0 radical (unpaired) electrons. The van der Waals surface area contributed by atoms with Crippen LogP contribution in [0.1, 0.15) is 17.0 Å². The van der Waals surface area contributed by atoms with Crippen molar-refractivity contribution in [2.24, 2.45) is 5.10 Å². The Hall–Kier alpha value is -3.20. The molecule has 2 aliphatic rings. The van der Waals surface area contributed by atoms with E-state index >= 15 is 0 Å². The summed E-state index contributed by atoms with van der Waals surface area (Å²) in [6.07, 6.45) is 2.92. The highest BCUT2D eigenvalue weighted by molar-refractivity contribution is 6.30. The van der Waals surface area contributed by atoms with Crippen molar-refractivity contribution in [3.63, 3.8) is 0 Å². The van der Waals surface area contributed by atoms with Crippen molar-refractivity contribution in [1.29, 1.82) is 0 Å². The van der Waals surface area contributed by atoms with E-state index in [-0.39, 0.29) is 25.2 Å². The third kappa shape index (κ3) is 4.14. The zero-order chi connectivity index (χ0) is 20.4. The average Bonchev–Trinajstić information content (AvgIpc) is 3.34. The lowest BCUT2D eigenvalue weighted by atomic mass is 10.0. The third-order valence-corrected chi connectivity index (χ3v) is 4.96. The number of hydrazone groups is 1. The Morgan fingerprint density at radius 3 is 2.66 bits per heavy atom. The van der Waals surface area contributed by atoms with Gasteiger partial charge < -0.3 is 10.1 Å². The van der Waals surface area contributed by atoms with Crippen LogP contribution in [0.5, 0.6) is 0 Å². The van der Waals surface area contributed by atoms with Gasteiger partial charge in [-0.2, -0.15) is 5.10 Å². The second-order valence-corrected chi connectivity index (χ2v) is 7.13. The lowest BCUT2D eigenvalue weighted by Crippen LogP contribution is -2.45. The van der Waals surface area contributed by atoms with E-state index in [1.807, 2.05) is 12.1 Å². The zero-order valence-electron chi connectivity index (χ0n) is 15.7. The normalized spacial score (nSPS) is 18.6. The number of carbonyl (C=O) groups excluding carboxylic acids is 2. The Morgan fingerprint density at radius 2 is 2.00 bits per heavy atom. The lowest BCUT2D eigenvalue weighted by Gasteiger charge is -2.23. The van der Waals surface area contributed by atoms with Crippen molar-refractivity contribution >= 4 is 29.4 Å². The number of rotatable bonds is 4. The lowest BCUT2D eigenvalue weighted by molar-refractivity contribution is 0.151. The fourth-order valence-corrected chi connectivity index (χ4v) is 3.33. The molecule has 10 heteroatoms. The molecular weight excluding hydrogens is 396 g/mol.